The van der Waals surface area contributed by atoms with Gasteiger partial charge >= 0.3 is 5.97 Å². The topological polar surface area (TPSA) is 103 Å². The fourth-order valence-electron chi connectivity index (χ4n) is 4.44. The molecule has 0 fully saturated rings. The van der Waals surface area contributed by atoms with Crippen molar-refractivity contribution in [3.63, 3.8) is 0 Å². The van der Waals surface area contributed by atoms with E-state index in [4.69, 9.17) is 14.2 Å². The highest BCUT2D eigenvalue weighted by Crippen LogP contribution is 2.38. The first-order valence-corrected chi connectivity index (χ1v) is 14.4. The van der Waals surface area contributed by atoms with Crippen LogP contribution in [0.1, 0.15) is 104 Å². The average Bonchev–Trinajstić information content (AvgIpc) is 2.96. The molecule has 8 heteroatoms. The highest BCUT2D eigenvalue weighted by atomic mass is 16.6. The summed E-state index contributed by atoms with van der Waals surface area (Å²) in [7, 11) is 1.59. The molecule has 0 radical (unpaired) electrons. The number of hydrogen-bond donors (Lipinski definition) is 2. The summed E-state index contributed by atoms with van der Waals surface area (Å²) in [6.07, 6.45) is 9.01. The summed E-state index contributed by atoms with van der Waals surface area (Å²) in [5.74, 6) is 1.46. The maximum Gasteiger partial charge on any atom is 0.306 e. The molecular weight excluding hydrogens is 494 g/mol. The molecule has 2 N–H and O–H groups in total. The smallest absolute Gasteiger partial charge is 0.306 e. The van der Waals surface area contributed by atoms with E-state index in [0.29, 0.717) is 37.0 Å². The van der Waals surface area contributed by atoms with Gasteiger partial charge in [-0.05, 0) is 76.1 Å². The fraction of sp³-hybridized carbons (Fsp3) is 0.645. The van der Waals surface area contributed by atoms with Crippen LogP contribution in [0.5, 0.6) is 11.5 Å². The number of rotatable bonds is 10. The van der Waals surface area contributed by atoms with Crippen LogP contribution < -0.4 is 10.1 Å². The Morgan fingerprint density at radius 1 is 1.10 bits per heavy atom. The van der Waals surface area contributed by atoms with Crippen LogP contribution in [0.25, 0.3) is 11.3 Å². The fourth-order valence-corrected chi connectivity index (χ4v) is 4.44. The minimum atomic E-state index is -0.327. The number of carbonyl (C=O) groups is 1. The monoisotopic (exact) mass is 543 g/mol. The summed E-state index contributed by atoms with van der Waals surface area (Å²) in [6, 6.07) is 6.01. The van der Waals surface area contributed by atoms with Crippen molar-refractivity contribution in [2.24, 2.45) is 0 Å². The van der Waals surface area contributed by atoms with Crippen LogP contribution in [-0.4, -0.2) is 46.6 Å². The lowest BCUT2D eigenvalue weighted by molar-refractivity contribution is -0.154. The third-order valence-corrected chi connectivity index (χ3v) is 6.39. The van der Waals surface area contributed by atoms with Gasteiger partial charge in [-0.15, -0.1) is 10.2 Å². The van der Waals surface area contributed by atoms with Gasteiger partial charge in [0.25, 0.3) is 0 Å². The summed E-state index contributed by atoms with van der Waals surface area (Å²) in [5, 5.41) is 23.2. The molecular formula is C31H49N3O5. The Labute approximate surface area is 234 Å². The van der Waals surface area contributed by atoms with E-state index in [2.05, 4.69) is 35.4 Å². The molecule has 0 saturated carbocycles. The van der Waals surface area contributed by atoms with Gasteiger partial charge < -0.3 is 24.6 Å². The van der Waals surface area contributed by atoms with E-state index in [1.807, 2.05) is 33.8 Å². The number of nitrogens with one attached hydrogen (secondary N) is 1. The lowest BCUT2D eigenvalue weighted by Crippen LogP contribution is -2.23. The number of methoxy groups -OCH3 is 1. The molecule has 0 saturated heterocycles. The Morgan fingerprint density at radius 3 is 2.51 bits per heavy atom. The Bertz CT molecular complexity index is 1040. The summed E-state index contributed by atoms with van der Waals surface area (Å²) < 4.78 is 16.1. The van der Waals surface area contributed by atoms with Crippen molar-refractivity contribution in [2.75, 3.05) is 19.0 Å². The second-order valence-corrected chi connectivity index (χ2v) is 11.0. The predicted molar refractivity (Wildman–Crippen MR) is 156 cm³/mol. The highest BCUT2D eigenvalue weighted by molar-refractivity contribution is 5.75. The Morgan fingerprint density at radius 2 is 1.87 bits per heavy atom. The number of ether oxygens (including phenoxy) is 3. The largest absolute Gasteiger partial charge is 0.507 e. The van der Waals surface area contributed by atoms with Crippen LogP contribution in [0.3, 0.4) is 0 Å². The number of nitrogens with zero attached hydrogens (tertiary/aromatic N) is 2. The number of hydrogen-bond acceptors (Lipinski definition) is 8. The van der Waals surface area contributed by atoms with Crippen molar-refractivity contribution >= 4 is 11.8 Å². The highest BCUT2D eigenvalue weighted by Gasteiger charge is 2.21. The standard InChI is InChI=1S/C23H33N3O3.C8H16O2/c1-4-6-7-10-18(5-2)24-21-13-16-9-8-11-29-15-17-12-19(28-3)14-20(27)22(17)23(16)26-25-21;1-5-6-7(9)10-8(2,3)4/h12-14,18,27H,4-11,15H2,1-3H3,(H,24,25);5-6H2,1-4H3/t18-;/m0./s1. The molecule has 0 unspecified atom stereocenters. The first kappa shape index (κ1) is 32.3. The van der Waals surface area contributed by atoms with E-state index < -0.39 is 0 Å². The first-order valence-electron chi connectivity index (χ1n) is 14.4. The number of anilines is 1. The maximum atomic E-state index is 10.8. The van der Waals surface area contributed by atoms with Gasteiger partial charge in [-0.25, -0.2) is 0 Å². The summed E-state index contributed by atoms with van der Waals surface area (Å²) in [4.78, 5) is 10.8. The molecule has 0 aliphatic carbocycles. The molecule has 0 spiro atoms. The van der Waals surface area contributed by atoms with Crippen LogP contribution >= 0.6 is 0 Å². The van der Waals surface area contributed by atoms with Crippen molar-refractivity contribution < 1.29 is 24.1 Å². The Kier molecular flexibility index (Phi) is 13.5. The molecule has 1 atom stereocenters. The molecule has 1 aliphatic heterocycles. The SMILES string of the molecule is CCCC(=O)OC(C)(C)C.CCCCC[C@H](CC)Nc1cc2c(nn1)-c1c(O)cc(OC)cc1COCCC2. The molecule has 3 rings (SSSR count). The zero-order valence-corrected chi connectivity index (χ0v) is 25.1. The first-order chi connectivity index (χ1) is 18.6. The molecule has 2 aromatic rings. The number of aryl methyl sites for hydroxylation is 1. The van der Waals surface area contributed by atoms with E-state index in [1.54, 1.807) is 13.2 Å². The average molecular weight is 544 g/mol. The Balaban J connectivity index is 0.000000455. The van der Waals surface area contributed by atoms with Gasteiger partial charge in [-0.2, -0.15) is 0 Å². The van der Waals surface area contributed by atoms with E-state index >= 15 is 0 Å². The maximum absolute atomic E-state index is 10.8. The number of aromatic nitrogens is 2. The van der Waals surface area contributed by atoms with Gasteiger partial charge in [0.2, 0.25) is 0 Å². The number of fused-ring (bicyclic) bond motifs is 3. The van der Waals surface area contributed by atoms with Crippen molar-refractivity contribution in [3.05, 3.63) is 29.3 Å². The molecule has 8 nitrogen and oxygen atoms in total. The van der Waals surface area contributed by atoms with Gasteiger partial charge in [-0.1, -0.05) is 40.0 Å². The molecule has 1 aromatic heterocycles. The van der Waals surface area contributed by atoms with Crippen LogP contribution in [0.15, 0.2) is 18.2 Å². The quantitative estimate of drug-likeness (QED) is 0.239. The van der Waals surface area contributed by atoms with Crippen LogP contribution in [0.4, 0.5) is 5.82 Å². The number of unbranched alkanes of at least 4 members (excludes halogenated alkanes) is 2. The van der Waals surface area contributed by atoms with Gasteiger partial charge in [0, 0.05) is 30.7 Å². The number of benzene rings is 1. The van der Waals surface area contributed by atoms with Crippen molar-refractivity contribution in [3.8, 4) is 22.8 Å². The second kappa shape index (κ2) is 16.3. The van der Waals surface area contributed by atoms with Crippen molar-refractivity contribution in [2.45, 2.75) is 118 Å². The van der Waals surface area contributed by atoms with Crippen molar-refractivity contribution in [1.82, 2.24) is 10.2 Å². The summed E-state index contributed by atoms with van der Waals surface area (Å²) in [5.41, 5.74) is 3.04. The van der Waals surface area contributed by atoms with Gasteiger partial charge in [-0.3, -0.25) is 4.79 Å². The van der Waals surface area contributed by atoms with Crippen LogP contribution in [0, 0.1) is 0 Å². The second-order valence-electron chi connectivity index (χ2n) is 11.0. The lowest BCUT2D eigenvalue weighted by Gasteiger charge is -2.19. The van der Waals surface area contributed by atoms with Crippen LogP contribution in [-0.2, 0) is 27.3 Å². The predicted octanol–water partition coefficient (Wildman–Crippen LogP) is 7.22. The van der Waals surface area contributed by atoms with E-state index in [1.165, 1.54) is 19.3 Å². The minimum Gasteiger partial charge on any atom is -0.507 e. The molecule has 0 amide bonds. The third kappa shape index (κ3) is 11.0. The molecule has 1 aliphatic rings. The molecule has 39 heavy (non-hydrogen) atoms. The zero-order chi connectivity index (χ0) is 28.8. The molecule has 2 heterocycles. The Hall–Kier alpha value is -2.87. The summed E-state index contributed by atoms with van der Waals surface area (Å²) in [6.45, 7) is 13.1. The normalized spacial score (nSPS) is 13.8. The van der Waals surface area contributed by atoms with E-state index in [-0.39, 0.29) is 17.3 Å². The lowest BCUT2D eigenvalue weighted by atomic mass is 9.97. The number of carbonyl (C=O) groups excluding carboxylic acids is 1. The third-order valence-electron chi connectivity index (χ3n) is 6.39. The zero-order valence-electron chi connectivity index (χ0n) is 25.1. The van der Waals surface area contributed by atoms with Gasteiger partial charge in [0.05, 0.1) is 13.7 Å². The van der Waals surface area contributed by atoms with E-state index in [9.17, 15) is 9.90 Å². The van der Waals surface area contributed by atoms with Gasteiger partial charge in [0.15, 0.2) is 0 Å². The van der Waals surface area contributed by atoms with Crippen molar-refractivity contribution in [1.29, 1.82) is 0 Å². The van der Waals surface area contributed by atoms with Gasteiger partial charge in [0.1, 0.15) is 28.6 Å². The number of esters is 1. The minimum absolute atomic E-state index is 0.102. The number of phenolic OH excluding ortho intramolecular Hbond substituents is 1. The van der Waals surface area contributed by atoms with E-state index in [0.717, 1.165) is 54.7 Å². The van der Waals surface area contributed by atoms with Crippen LogP contribution in [0.2, 0.25) is 0 Å². The number of aromatic hydroxyl groups is 1. The molecule has 218 valence electrons. The summed E-state index contributed by atoms with van der Waals surface area (Å²) >= 11 is 0. The molecule has 1 aromatic carbocycles. The molecule has 0 bridgehead atoms. The number of phenols is 1.